The Bertz CT molecular complexity index is 382. The number of halogens is 2. The molecule has 88 valence electrons. The molecule has 0 saturated heterocycles. The number of carbonyl (C=O) groups excluding carboxylic acids is 1. The molecule has 0 spiro atoms. The van der Waals surface area contributed by atoms with Gasteiger partial charge in [-0.15, -0.1) is 0 Å². The Morgan fingerprint density at radius 2 is 2.25 bits per heavy atom. The van der Waals surface area contributed by atoms with Gasteiger partial charge in [-0.05, 0) is 44.3 Å². The number of hydrogen-bond acceptors (Lipinski definition) is 3. The number of ether oxygens (including phenoxy) is 1. The van der Waals surface area contributed by atoms with Gasteiger partial charge in [0.2, 0.25) is 0 Å². The molecule has 1 aromatic rings. The second-order valence-electron chi connectivity index (χ2n) is 3.53. The number of aromatic nitrogens is 1. The van der Waals surface area contributed by atoms with E-state index in [0.717, 1.165) is 8.95 Å². The fourth-order valence-electron chi connectivity index (χ4n) is 1.25. The molecular formula is C11H13Br2NO2. The zero-order valence-corrected chi connectivity index (χ0v) is 12.3. The van der Waals surface area contributed by atoms with E-state index >= 15 is 0 Å². The average Bonchev–Trinajstić information content (AvgIpc) is 2.25. The van der Waals surface area contributed by atoms with Crippen LogP contribution in [0.25, 0.3) is 0 Å². The maximum absolute atomic E-state index is 12.0. The van der Waals surface area contributed by atoms with E-state index in [0.29, 0.717) is 18.7 Å². The number of hydrogen-bond donors (Lipinski definition) is 0. The second kappa shape index (κ2) is 6.47. The molecule has 0 aliphatic heterocycles. The molecule has 1 heterocycles. The zero-order valence-electron chi connectivity index (χ0n) is 9.17. The molecule has 0 aromatic carbocycles. The third-order valence-corrected chi connectivity index (χ3v) is 3.28. The van der Waals surface area contributed by atoms with E-state index in [1.807, 2.05) is 13.0 Å². The number of ketones is 1. The van der Waals surface area contributed by atoms with Crippen molar-refractivity contribution in [2.75, 3.05) is 13.7 Å². The molecule has 0 aliphatic rings. The van der Waals surface area contributed by atoms with Gasteiger partial charge in [-0.25, -0.2) is 0 Å². The van der Waals surface area contributed by atoms with Gasteiger partial charge >= 0.3 is 0 Å². The van der Waals surface area contributed by atoms with Crippen molar-refractivity contribution in [3.63, 3.8) is 0 Å². The van der Waals surface area contributed by atoms with Crippen molar-refractivity contribution in [1.29, 1.82) is 0 Å². The first-order valence-corrected chi connectivity index (χ1v) is 6.49. The number of rotatable bonds is 5. The summed E-state index contributed by atoms with van der Waals surface area (Å²) in [5, 5.41) is 0. The molecule has 0 fully saturated rings. The molecule has 3 nitrogen and oxygen atoms in total. The Kier molecular flexibility index (Phi) is 5.58. The summed E-state index contributed by atoms with van der Waals surface area (Å²) in [6.45, 7) is 2.47. The third kappa shape index (κ3) is 3.64. The molecule has 1 unspecified atom stereocenters. The number of carbonyl (C=O) groups is 1. The van der Waals surface area contributed by atoms with E-state index in [1.54, 1.807) is 13.3 Å². The molecule has 1 aromatic heterocycles. The van der Waals surface area contributed by atoms with Crippen LogP contribution in [-0.4, -0.2) is 24.5 Å². The monoisotopic (exact) mass is 349 g/mol. The maximum atomic E-state index is 12.0. The van der Waals surface area contributed by atoms with Crippen LogP contribution in [-0.2, 0) is 4.74 Å². The Balaban J connectivity index is 2.79. The van der Waals surface area contributed by atoms with Crippen molar-refractivity contribution in [3.05, 3.63) is 26.9 Å². The SMILES string of the molecule is COCCC(C)C(=O)c1ncc(Br)cc1Br. The highest BCUT2D eigenvalue weighted by Crippen LogP contribution is 2.22. The summed E-state index contributed by atoms with van der Waals surface area (Å²) in [5.74, 6) is -0.0404. The lowest BCUT2D eigenvalue weighted by Gasteiger charge is -2.10. The fraction of sp³-hybridized carbons (Fsp3) is 0.455. The van der Waals surface area contributed by atoms with Crippen molar-refractivity contribution in [2.24, 2.45) is 5.92 Å². The molecule has 0 aliphatic carbocycles. The van der Waals surface area contributed by atoms with Crippen molar-refractivity contribution in [1.82, 2.24) is 4.98 Å². The molecule has 16 heavy (non-hydrogen) atoms. The summed E-state index contributed by atoms with van der Waals surface area (Å²) in [7, 11) is 1.63. The minimum absolute atomic E-state index is 0.0384. The van der Waals surface area contributed by atoms with Crippen LogP contribution >= 0.6 is 31.9 Å². The van der Waals surface area contributed by atoms with E-state index in [-0.39, 0.29) is 11.7 Å². The van der Waals surface area contributed by atoms with Crippen LogP contribution < -0.4 is 0 Å². The second-order valence-corrected chi connectivity index (χ2v) is 5.30. The summed E-state index contributed by atoms with van der Waals surface area (Å²) in [6, 6.07) is 1.82. The van der Waals surface area contributed by atoms with E-state index < -0.39 is 0 Å². The topological polar surface area (TPSA) is 39.2 Å². The van der Waals surface area contributed by atoms with Crippen LogP contribution in [0.2, 0.25) is 0 Å². The normalized spacial score (nSPS) is 12.5. The Labute approximate surface area is 112 Å². The number of methoxy groups -OCH3 is 1. The summed E-state index contributed by atoms with van der Waals surface area (Å²) in [4.78, 5) is 16.1. The van der Waals surface area contributed by atoms with Crippen molar-refractivity contribution < 1.29 is 9.53 Å². The Hall–Kier alpha value is -0.260. The van der Waals surface area contributed by atoms with E-state index in [1.165, 1.54) is 0 Å². The van der Waals surface area contributed by atoms with Gasteiger partial charge in [-0.2, -0.15) is 0 Å². The molecule has 5 heteroatoms. The van der Waals surface area contributed by atoms with E-state index in [2.05, 4.69) is 36.8 Å². The molecule has 1 atom stereocenters. The number of pyridine rings is 1. The first-order valence-electron chi connectivity index (χ1n) is 4.90. The van der Waals surface area contributed by atoms with Crippen molar-refractivity contribution >= 4 is 37.6 Å². The predicted molar refractivity (Wildman–Crippen MR) is 69.6 cm³/mol. The van der Waals surface area contributed by atoms with E-state index in [9.17, 15) is 4.79 Å². The summed E-state index contributed by atoms with van der Waals surface area (Å²) in [5.41, 5.74) is 0.479. The molecule has 0 bridgehead atoms. The molecule has 0 amide bonds. The summed E-state index contributed by atoms with van der Waals surface area (Å²) >= 11 is 6.64. The first kappa shape index (κ1) is 13.8. The quantitative estimate of drug-likeness (QED) is 0.763. The third-order valence-electron chi connectivity index (χ3n) is 2.24. The van der Waals surface area contributed by atoms with Gasteiger partial charge in [0, 0.05) is 34.8 Å². The Morgan fingerprint density at radius 3 is 2.81 bits per heavy atom. The zero-order chi connectivity index (χ0) is 12.1. The van der Waals surface area contributed by atoms with Crippen molar-refractivity contribution in [3.8, 4) is 0 Å². The molecule has 1 rings (SSSR count). The smallest absolute Gasteiger partial charge is 0.185 e. The van der Waals surface area contributed by atoms with Gasteiger partial charge in [0.05, 0.1) is 0 Å². The Morgan fingerprint density at radius 1 is 1.56 bits per heavy atom. The highest BCUT2D eigenvalue weighted by atomic mass is 79.9. The van der Waals surface area contributed by atoms with Gasteiger partial charge in [0.1, 0.15) is 5.69 Å². The van der Waals surface area contributed by atoms with Gasteiger partial charge in [0.25, 0.3) is 0 Å². The van der Waals surface area contributed by atoms with Crippen molar-refractivity contribution in [2.45, 2.75) is 13.3 Å². The number of nitrogens with zero attached hydrogens (tertiary/aromatic N) is 1. The van der Waals surface area contributed by atoms with Gasteiger partial charge in [-0.1, -0.05) is 6.92 Å². The van der Waals surface area contributed by atoms with E-state index in [4.69, 9.17) is 4.74 Å². The first-order chi connectivity index (χ1) is 7.56. The highest BCUT2D eigenvalue weighted by molar-refractivity contribution is 9.11. The molecule has 0 N–H and O–H groups in total. The van der Waals surface area contributed by atoms with Crippen LogP contribution in [0.4, 0.5) is 0 Å². The lowest BCUT2D eigenvalue weighted by Crippen LogP contribution is -2.15. The lowest BCUT2D eigenvalue weighted by atomic mass is 10.0. The number of Topliss-reactive ketones (excluding diaryl/α,β-unsaturated/α-hetero) is 1. The standard InChI is InChI=1S/C11H13Br2NO2/c1-7(3-4-16-2)11(15)10-9(13)5-8(12)6-14-10/h5-7H,3-4H2,1-2H3. The van der Waals surface area contributed by atoms with Crippen LogP contribution in [0, 0.1) is 5.92 Å². The summed E-state index contributed by atoms with van der Waals surface area (Å²) < 4.78 is 6.52. The van der Waals surface area contributed by atoms with Gasteiger partial charge < -0.3 is 4.74 Å². The average molecular weight is 351 g/mol. The van der Waals surface area contributed by atoms with Gasteiger partial charge in [0.15, 0.2) is 5.78 Å². The highest BCUT2D eigenvalue weighted by Gasteiger charge is 2.18. The van der Waals surface area contributed by atoms with Crippen LogP contribution in [0.5, 0.6) is 0 Å². The van der Waals surface area contributed by atoms with Gasteiger partial charge in [-0.3, -0.25) is 9.78 Å². The van der Waals surface area contributed by atoms with Crippen LogP contribution in [0.1, 0.15) is 23.8 Å². The molecule has 0 saturated carbocycles. The maximum Gasteiger partial charge on any atom is 0.185 e. The largest absolute Gasteiger partial charge is 0.385 e. The fourth-order valence-corrected chi connectivity index (χ4v) is 2.44. The minimum atomic E-state index is -0.0788. The lowest BCUT2D eigenvalue weighted by molar-refractivity contribution is 0.0888. The van der Waals surface area contributed by atoms with Crippen LogP contribution in [0.15, 0.2) is 21.2 Å². The summed E-state index contributed by atoms with van der Waals surface area (Å²) in [6.07, 6.45) is 2.33. The minimum Gasteiger partial charge on any atom is -0.385 e. The predicted octanol–water partition coefficient (Wildman–Crippen LogP) is 3.46. The molecule has 0 radical (unpaired) electrons. The molecular weight excluding hydrogens is 338 g/mol. The van der Waals surface area contributed by atoms with Crippen LogP contribution in [0.3, 0.4) is 0 Å².